The lowest BCUT2D eigenvalue weighted by molar-refractivity contribution is 0.102. The van der Waals surface area contributed by atoms with E-state index >= 15 is 0 Å². The van der Waals surface area contributed by atoms with Gasteiger partial charge in [0.1, 0.15) is 10.0 Å². The minimum absolute atomic E-state index is 0.0996. The molecule has 5 aromatic rings. The van der Waals surface area contributed by atoms with Crippen molar-refractivity contribution < 1.29 is 22.7 Å². The van der Waals surface area contributed by atoms with Gasteiger partial charge in [-0.25, -0.2) is 18.2 Å². The average Bonchev–Trinajstić information content (AvgIpc) is 3.57. The van der Waals surface area contributed by atoms with Crippen LogP contribution in [-0.2, 0) is 27.7 Å². The number of thiophene rings is 1. The van der Waals surface area contributed by atoms with Gasteiger partial charge in [-0.05, 0) is 55.3 Å². The number of para-hydroxylation sites is 2. The summed E-state index contributed by atoms with van der Waals surface area (Å²) in [6.45, 7) is 2.71. The highest BCUT2D eigenvalue weighted by Gasteiger charge is 2.30. The predicted octanol–water partition coefficient (Wildman–Crippen LogP) is 6.51. The fourth-order valence-corrected chi connectivity index (χ4v) is 8.29. The smallest absolute Gasteiger partial charge is 0.409 e. The van der Waals surface area contributed by atoms with Crippen molar-refractivity contribution in [2.45, 2.75) is 24.8 Å². The predicted molar refractivity (Wildman–Crippen MR) is 166 cm³/mol. The van der Waals surface area contributed by atoms with Crippen molar-refractivity contribution in [1.29, 1.82) is 0 Å². The number of sulfonamides is 1. The topological polar surface area (TPSA) is 118 Å². The van der Waals surface area contributed by atoms with Crippen molar-refractivity contribution in [3.63, 3.8) is 0 Å². The van der Waals surface area contributed by atoms with E-state index in [1.54, 1.807) is 41.3 Å². The van der Waals surface area contributed by atoms with E-state index in [0.29, 0.717) is 24.5 Å². The molecule has 0 spiro atoms. The summed E-state index contributed by atoms with van der Waals surface area (Å²) in [5.41, 5.74) is 3.99. The number of fused-ring (bicyclic) bond motifs is 2. The van der Waals surface area contributed by atoms with Gasteiger partial charge in [-0.2, -0.15) is 0 Å². The van der Waals surface area contributed by atoms with Crippen LogP contribution < -0.4 is 10.0 Å². The van der Waals surface area contributed by atoms with Crippen LogP contribution in [0.3, 0.4) is 0 Å². The Morgan fingerprint density at radius 2 is 1.71 bits per heavy atom. The minimum Gasteiger partial charge on any atom is -0.453 e. The van der Waals surface area contributed by atoms with Crippen molar-refractivity contribution in [2.24, 2.45) is 0 Å². The van der Waals surface area contributed by atoms with Crippen molar-refractivity contribution >= 4 is 65.6 Å². The molecule has 1 aliphatic rings. The van der Waals surface area contributed by atoms with Crippen LogP contribution >= 0.6 is 22.7 Å². The summed E-state index contributed by atoms with van der Waals surface area (Å²) in [4.78, 5) is 33.5. The zero-order valence-corrected chi connectivity index (χ0v) is 25.2. The molecule has 0 unspecified atom stereocenters. The van der Waals surface area contributed by atoms with Crippen LogP contribution in [-0.4, -0.2) is 44.0 Å². The van der Waals surface area contributed by atoms with Gasteiger partial charge in [0.15, 0.2) is 0 Å². The van der Waals surface area contributed by atoms with Gasteiger partial charge in [-0.1, -0.05) is 42.0 Å². The maximum Gasteiger partial charge on any atom is 0.409 e. The van der Waals surface area contributed by atoms with Crippen LogP contribution in [0.25, 0.3) is 20.8 Å². The molecule has 0 atom stereocenters. The molecule has 3 heterocycles. The van der Waals surface area contributed by atoms with Gasteiger partial charge in [-0.15, -0.1) is 22.7 Å². The molecule has 0 radical (unpaired) electrons. The lowest BCUT2D eigenvalue weighted by atomic mass is 10.0. The number of rotatable bonds is 6. The molecule has 0 saturated heterocycles. The van der Waals surface area contributed by atoms with Crippen molar-refractivity contribution in [3.8, 4) is 10.6 Å². The van der Waals surface area contributed by atoms with Gasteiger partial charge in [0.05, 0.1) is 40.0 Å². The second-order valence-electron chi connectivity index (χ2n) is 9.75. The summed E-state index contributed by atoms with van der Waals surface area (Å²) >= 11 is 2.92. The lowest BCUT2D eigenvalue weighted by Gasteiger charge is -2.25. The maximum atomic E-state index is 13.7. The average molecular weight is 619 g/mol. The van der Waals surface area contributed by atoms with E-state index in [1.807, 2.05) is 31.2 Å². The molecule has 0 bridgehead atoms. The van der Waals surface area contributed by atoms with E-state index < -0.39 is 22.0 Å². The number of hydrogen-bond acceptors (Lipinski definition) is 8. The Labute approximate surface area is 250 Å². The summed E-state index contributed by atoms with van der Waals surface area (Å²) in [5, 5.41) is 4.39. The number of hydrogen-bond donors (Lipinski definition) is 2. The lowest BCUT2D eigenvalue weighted by Crippen LogP contribution is -2.35. The molecule has 2 amide bonds. The zero-order valence-electron chi connectivity index (χ0n) is 22.7. The summed E-state index contributed by atoms with van der Waals surface area (Å²) in [7, 11) is -2.57. The molecule has 0 fully saturated rings. The van der Waals surface area contributed by atoms with Crippen LogP contribution in [0, 0.1) is 6.92 Å². The van der Waals surface area contributed by atoms with E-state index in [1.165, 1.54) is 41.9 Å². The molecule has 9 nitrogen and oxygen atoms in total. The quantitative estimate of drug-likeness (QED) is 0.224. The first-order valence-electron chi connectivity index (χ1n) is 13.1. The second-order valence-corrected chi connectivity index (χ2v) is 13.6. The molecule has 2 N–H and O–H groups in total. The molecule has 3 aromatic carbocycles. The largest absolute Gasteiger partial charge is 0.453 e. The van der Waals surface area contributed by atoms with Crippen molar-refractivity contribution in [1.82, 2.24) is 9.88 Å². The van der Waals surface area contributed by atoms with Gasteiger partial charge in [0, 0.05) is 17.0 Å². The number of ether oxygens (including phenoxy) is 1. The van der Waals surface area contributed by atoms with Crippen LogP contribution in [0.4, 0.5) is 15.5 Å². The number of carbonyl (C=O) groups excluding carboxylic acids is 2. The number of amides is 2. The Morgan fingerprint density at radius 3 is 2.48 bits per heavy atom. The first-order chi connectivity index (χ1) is 20.2. The fraction of sp³-hybridized carbons (Fsp3) is 0.167. The van der Waals surface area contributed by atoms with Crippen LogP contribution in [0.5, 0.6) is 0 Å². The van der Waals surface area contributed by atoms with Gasteiger partial charge < -0.3 is 15.0 Å². The number of nitrogens with one attached hydrogen (secondary N) is 2. The van der Waals surface area contributed by atoms with Gasteiger partial charge in [0.25, 0.3) is 15.9 Å². The Balaban J connectivity index is 1.36. The highest BCUT2D eigenvalue weighted by atomic mass is 32.2. The number of aromatic nitrogens is 1. The normalized spacial score (nSPS) is 13.0. The van der Waals surface area contributed by atoms with Crippen LogP contribution in [0.15, 0.2) is 77.7 Å². The molecule has 2 aromatic heterocycles. The molecule has 12 heteroatoms. The number of anilines is 2. The second kappa shape index (κ2) is 11.2. The monoisotopic (exact) mass is 618 g/mol. The highest BCUT2D eigenvalue weighted by Crippen LogP contribution is 2.46. The standard InChI is InChI=1S/C30H26N4O5S3/c1-18-11-13-19(14-12-18)42(37,38)33-22-8-4-3-7-20(22)27(35)32-29-26(28-31-23-9-5-6-10-24(23)40-28)21-15-16-34(30(36)39-2)17-25(21)41-29/h3-14,33H,15-17H2,1-2H3,(H,32,35). The summed E-state index contributed by atoms with van der Waals surface area (Å²) in [6, 6.07) is 20.8. The third kappa shape index (κ3) is 5.36. The van der Waals surface area contributed by atoms with Gasteiger partial charge in [-0.3, -0.25) is 9.52 Å². The Morgan fingerprint density at radius 1 is 0.976 bits per heavy atom. The van der Waals surface area contributed by atoms with E-state index in [0.717, 1.165) is 36.8 Å². The number of benzene rings is 3. The number of carbonyl (C=O) groups is 2. The summed E-state index contributed by atoms with van der Waals surface area (Å²) < 4.78 is 34.8. The molecule has 42 heavy (non-hydrogen) atoms. The number of aryl methyl sites for hydroxylation is 1. The number of thiazole rings is 1. The van der Waals surface area contributed by atoms with E-state index in [-0.39, 0.29) is 16.1 Å². The Hall–Kier alpha value is -4.26. The van der Waals surface area contributed by atoms with Crippen molar-refractivity contribution in [2.75, 3.05) is 23.7 Å². The first-order valence-corrected chi connectivity index (χ1v) is 16.2. The maximum absolute atomic E-state index is 13.7. The van der Waals surface area contributed by atoms with E-state index in [9.17, 15) is 18.0 Å². The molecule has 1 aliphatic heterocycles. The summed E-state index contributed by atoms with van der Waals surface area (Å²) in [5.74, 6) is -0.469. The Bertz CT molecular complexity index is 1900. The first kappa shape index (κ1) is 27.9. The van der Waals surface area contributed by atoms with Gasteiger partial charge in [0.2, 0.25) is 0 Å². The molecule has 214 valence electrons. The molecular weight excluding hydrogens is 593 g/mol. The SMILES string of the molecule is COC(=O)N1CCc2c(sc(NC(=O)c3ccccc3NS(=O)(=O)c3ccc(C)cc3)c2-c2nc3ccccc3s2)C1. The molecule has 0 aliphatic carbocycles. The van der Waals surface area contributed by atoms with E-state index in [2.05, 4.69) is 10.0 Å². The minimum atomic E-state index is -3.93. The third-order valence-corrected chi connectivity index (χ3v) is 10.5. The van der Waals surface area contributed by atoms with Crippen LogP contribution in [0.2, 0.25) is 0 Å². The number of nitrogens with zero attached hydrogens (tertiary/aromatic N) is 2. The zero-order chi connectivity index (χ0) is 29.4. The number of methoxy groups -OCH3 is 1. The summed E-state index contributed by atoms with van der Waals surface area (Å²) in [6.07, 6.45) is 0.172. The third-order valence-electron chi connectivity index (χ3n) is 6.97. The molecule has 6 rings (SSSR count). The van der Waals surface area contributed by atoms with Crippen molar-refractivity contribution in [3.05, 3.63) is 94.4 Å². The van der Waals surface area contributed by atoms with Crippen LogP contribution in [0.1, 0.15) is 26.4 Å². The highest BCUT2D eigenvalue weighted by molar-refractivity contribution is 7.92. The molecular formula is C30H26N4O5S3. The van der Waals surface area contributed by atoms with E-state index in [4.69, 9.17) is 9.72 Å². The fourth-order valence-electron chi connectivity index (χ4n) is 4.84. The van der Waals surface area contributed by atoms with Gasteiger partial charge >= 0.3 is 6.09 Å². The molecule has 0 saturated carbocycles. The Kier molecular flexibility index (Phi) is 7.43.